The molecule has 0 aliphatic heterocycles. The predicted molar refractivity (Wildman–Crippen MR) is 108 cm³/mol. The fourth-order valence-electron chi connectivity index (χ4n) is 2.87. The van der Waals surface area contributed by atoms with Crippen LogP contribution in [-0.4, -0.2) is 9.55 Å². The average molecular weight is 377 g/mol. The molecule has 0 amide bonds. The second-order valence-electron chi connectivity index (χ2n) is 5.99. The number of hydrogen-bond acceptors (Lipinski definition) is 2. The fourth-order valence-corrected chi connectivity index (χ4v) is 3.06. The van der Waals surface area contributed by atoms with Crippen molar-refractivity contribution >= 4 is 34.7 Å². The molecular weight excluding hydrogens is 363 g/mol. The minimum atomic E-state index is -0.299. The molecule has 5 heteroatoms. The third-order valence-corrected chi connectivity index (χ3v) is 4.40. The Morgan fingerprint density at radius 2 is 1.70 bits per heavy atom. The number of para-hydroxylation sites is 1. The van der Waals surface area contributed by atoms with E-state index in [1.165, 1.54) is 16.7 Å². The maximum atomic E-state index is 13.1. The Bertz CT molecular complexity index is 1210. The van der Waals surface area contributed by atoms with Crippen LogP contribution in [0.3, 0.4) is 0 Å². The lowest BCUT2D eigenvalue weighted by molar-refractivity contribution is 0.628. The SMILES string of the molecule is O=c1c2ccccc2nc(C=Cc2ccc(F)cc2)n1-c1cccc(Cl)c1. The van der Waals surface area contributed by atoms with Gasteiger partial charge in [0.15, 0.2) is 0 Å². The third-order valence-electron chi connectivity index (χ3n) is 4.16. The standard InChI is InChI=1S/C22H14ClFN2O/c23-16-4-3-5-18(14-16)26-21(13-10-15-8-11-17(24)12-9-15)25-20-7-2-1-6-19(20)22(26)27/h1-14H. The second-order valence-corrected chi connectivity index (χ2v) is 6.43. The van der Waals surface area contributed by atoms with Gasteiger partial charge in [-0.1, -0.05) is 48.0 Å². The molecule has 0 radical (unpaired) electrons. The van der Waals surface area contributed by atoms with Gasteiger partial charge in [-0.05, 0) is 54.1 Å². The Hall–Kier alpha value is -3.24. The first kappa shape index (κ1) is 17.2. The highest BCUT2D eigenvalue weighted by Gasteiger charge is 2.11. The van der Waals surface area contributed by atoms with E-state index in [9.17, 15) is 9.18 Å². The molecule has 0 spiro atoms. The van der Waals surface area contributed by atoms with Crippen LogP contribution in [0.1, 0.15) is 11.4 Å². The molecule has 4 aromatic rings. The zero-order valence-corrected chi connectivity index (χ0v) is 14.9. The van der Waals surface area contributed by atoms with E-state index in [1.54, 1.807) is 60.7 Å². The van der Waals surface area contributed by atoms with E-state index < -0.39 is 0 Å². The molecule has 0 bridgehead atoms. The Morgan fingerprint density at radius 3 is 2.48 bits per heavy atom. The summed E-state index contributed by atoms with van der Waals surface area (Å²) in [6.07, 6.45) is 3.53. The molecule has 4 rings (SSSR count). The lowest BCUT2D eigenvalue weighted by Gasteiger charge is -2.11. The number of rotatable bonds is 3. The first-order chi connectivity index (χ1) is 13.1. The molecular formula is C22H14ClFN2O. The Balaban J connectivity index is 1.93. The van der Waals surface area contributed by atoms with Crippen molar-refractivity contribution in [1.82, 2.24) is 9.55 Å². The molecule has 0 N–H and O–H groups in total. The van der Waals surface area contributed by atoms with Gasteiger partial charge in [0.2, 0.25) is 0 Å². The van der Waals surface area contributed by atoms with Crippen LogP contribution >= 0.6 is 11.6 Å². The van der Waals surface area contributed by atoms with Crippen LogP contribution in [0.2, 0.25) is 5.02 Å². The van der Waals surface area contributed by atoms with Crippen LogP contribution < -0.4 is 5.56 Å². The maximum Gasteiger partial charge on any atom is 0.266 e. The van der Waals surface area contributed by atoms with Crippen molar-refractivity contribution < 1.29 is 4.39 Å². The lowest BCUT2D eigenvalue weighted by Crippen LogP contribution is -2.22. The maximum absolute atomic E-state index is 13.1. The van der Waals surface area contributed by atoms with Gasteiger partial charge in [0, 0.05) is 5.02 Å². The van der Waals surface area contributed by atoms with Crippen molar-refractivity contribution in [1.29, 1.82) is 0 Å². The number of benzene rings is 3. The van der Waals surface area contributed by atoms with E-state index in [0.717, 1.165) is 5.56 Å². The Morgan fingerprint density at radius 1 is 0.926 bits per heavy atom. The van der Waals surface area contributed by atoms with E-state index in [-0.39, 0.29) is 11.4 Å². The molecule has 132 valence electrons. The summed E-state index contributed by atoms with van der Waals surface area (Å²) in [6.45, 7) is 0. The van der Waals surface area contributed by atoms with Gasteiger partial charge >= 0.3 is 0 Å². The minimum absolute atomic E-state index is 0.179. The Labute approximate surface area is 160 Å². The molecule has 0 aliphatic rings. The van der Waals surface area contributed by atoms with E-state index in [4.69, 9.17) is 11.6 Å². The molecule has 0 aliphatic carbocycles. The van der Waals surface area contributed by atoms with Crippen molar-refractivity contribution in [3.05, 3.63) is 105 Å². The van der Waals surface area contributed by atoms with Gasteiger partial charge in [-0.15, -0.1) is 0 Å². The van der Waals surface area contributed by atoms with Crippen LogP contribution in [0.15, 0.2) is 77.6 Å². The first-order valence-corrected chi connectivity index (χ1v) is 8.71. The van der Waals surface area contributed by atoms with E-state index in [0.29, 0.717) is 27.4 Å². The summed E-state index contributed by atoms with van der Waals surface area (Å²) in [5, 5.41) is 1.05. The summed E-state index contributed by atoms with van der Waals surface area (Å²) in [4.78, 5) is 17.7. The zero-order valence-electron chi connectivity index (χ0n) is 14.1. The van der Waals surface area contributed by atoms with Gasteiger partial charge in [-0.3, -0.25) is 9.36 Å². The fraction of sp³-hybridized carbons (Fsp3) is 0. The van der Waals surface area contributed by atoms with E-state index in [1.807, 2.05) is 12.1 Å². The largest absolute Gasteiger partial charge is 0.268 e. The van der Waals surface area contributed by atoms with Crippen LogP contribution in [0.25, 0.3) is 28.7 Å². The summed E-state index contributed by atoms with van der Waals surface area (Å²) in [7, 11) is 0. The third kappa shape index (κ3) is 3.52. The molecule has 0 fully saturated rings. The van der Waals surface area contributed by atoms with Crippen molar-refractivity contribution in [2.75, 3.05) is 0 Å². The summed E-state index contributed by atoms with van der Waals surface area (Å²) in [6, 6.07) is 20.3. The highest BCUT2D eigenvalue weighted by Crippen LogP contribution is 2.18. The van der Waals surface area contributed by atoms with Crippen LogP contribution in [0.4, 0.5) is 4.39 Å². The van der Waals surface area contributed by atoms with Gasteiger partial charge in [-0.2, -0.15) is 0 Å². The smallest absolute Gasteiger partial charge is 0.266 e. The summed E-state index contributed by atoms with van der Waals surface area (Å²) >= 11 is 6.12. The molecule has 0 unspecified atom stereocenters. The monoisotopic (exact) mass is 376 g/mol. The molecule has 27 heavy (non-hydrogen) atoms. The second kappa shape index (κ2) is 7.17. The van der Waals surface area contributed by atoms with E-state index >= 15 is 0 Å². The normalized spacial score (nSPS) is 11.3. The minimum Gasteiger partial charge on any atom is -0.268 e. The van der Waals surface area contributed by atoms with Crippen molar-refractivity contribution in [2.45, 2.75) is 0 Å². The number of nitrogens with zero attached hydrogens (tertiary/aromatic N) is 2. The number of halogens is 2. The summed E-state index contributed by atoms with van der Waals surface area (Å²) in [5.41, 5.74) is 1.86. The number of fused-ring (bicyclic) bond motifs is 1. The lowest BCUT2D eigenvalue weighted by atomic mass is 10.2. The van der Waals surface area contributed by atoms with E-state index in [2.05, 4.69) is 4.98 Å². The summed E-state index contributed by atoms with van der Waals surface area (Å²) < 4.78 is 14.6. The molecule has 3 nitrogen and oxygen atoms in total. The molecule has 3 aromatic carbocycles. The topological polar surface area (TPSA) is 34.9 Å². The first-order valence-electron chi connectivity index (χ1n) is 8.33. The molecule has 1 heterocycles. The Kier molecular flexibility index (Phi) is 4.57. The number of aromatic nitrogens is 2. The molecule has 0 atom stereocenters. The highest BCUT2D eigenvalue weighted by atomic mass is 35.5. The number of hydrogen-bond donors (Lipinski definition) is 0. The van der Waals surface area contributed by atoms with Crippen molar-refractivity contribution in [3.63, 3.8) is 0 Å². The molecule has 0 saturated heterocycles. The van der Waals surface area contributed by atoms with Gasteiger partial charge in [0.05, 0.1) is 16.6 Å². The van der Waals surface area contributed by atoms with Gasteiger partial charge < -0.3 is 0 Å². The highest BCUT2D eigenvalue weighted by molar-refractivity contribution is 6.30. The van der Waals surface area contributed by atoms with Gasteiger partial charge in [0.25, 0.3) is 5.56 Å². The zero-order chi connectivity index (χ0) is 18.8. The average Bonchev–Trinajstić information content (AvgIpc) is 2.68. The summed E-state index contributed by atoms with van der Waals surface area (Å²) in [5.74, 6) is 0.164. The van der Waals surface area contributed by atoms with Gasteiger partial charge in [-0.25, -0.2) is 9.37 Å². The van der Waals surface area contributed by atoms with Crippen LogP contribution in [-0.2, 0) is 0 Å². The molecule has 0 saturated carbocycles. The van der Waals surface area contributed by atoms with Crippen molar-refractivity contribution in [3.8, 4) is 5.69 Å². The van der Waals surface area contributed by atoms with Crippen LogP contribution in [0, 0.1) is 5.82 Å². The predicted octanol–water partition coefficient (Wildman–Crippen LogP) is 5.35. The van der Waals surface area contributed by atoms with Crippen molar-refractivity contribution in [2.24, 2.45) is 0 Å². The van der Waals surface area contributed by atoms with Gasteiger partial charge in [0.1, 0.15) is 11.6 Å². The quantitative estimate of drug-likeness (QED) is 0.483. The molecule has 1 aromatic heterocycles. The van der Waals surface area contributed by atoms with Crippen LogP contribution in [0.5, 0.6) is 0 Å².